The first-order valence-electron chi connectivity index (χ1n) is 10.2. The van der Waals surface area contributed by atoms with E-state index in [4.69, 9.17) is 9.15 Å². The predicted molar refractivity (Wildman–Crippen MR) is 125 cm³/mol. The van der Waals surface area contributed by atoms with Crippen molar-refractivity contribution in [1.29, 1.82) is 0 Å². The summed E-state index contributed by atoms with van der Waals surface area (Å²) in [5, 5.41) is 3.36. The van der Waals surface area contributed by atoms with Gasteiger partial charge in [0.2, 0.25) is 11.5 Å². The molecule has 1 N–H and O–H groups in total. The molecule has 5 rings (SSSR count). The number of hydrogen-bond donors (Lipinski definition) is 1. The van der Waals surface area contributed by atoms with E-state index in [1.807, 2.05) is 0 Å². The number of methoxy groups -OCH3 is 1. The number of carbonyl (C=O) groups is 1. The summed E-state index contributed by atoms with van der Waals surface area (Å²) in [5.74, 6) is 0.234. The van der Waals surface area contributed by atoms with Crippen molar-refractivity contribution in [2.75, 3.05) is 12.4 Å². The van der Waals surface area contributed by atoms with Crippen LogP contribution in [0.5, 0.6) is 5.75 Å². The maximum absolute atomic E-state index is 13.5. The Bertz CT molecular complexity index is 1600. The van der Waals surface area contributed by atoms with Crippen LogP contribution in [0.25, 0.3) is 27.8 Å². The van der Waals surface area contributed by atoms with Crippen LogP contribution in [0.3, 0.4) is 0 Å². The predicted octanol–water partition coefficient (Wildman–Crippen LogP) is 3.55. The SMILES string of the molecule is COc1ccc(NC(=O)Cn2c(=O)n(-c3ccccc3)c(=O)c3oc4ccccc4c32)cc1. The van der Waals surface area contributed by atoms with Crippen molar-refractivity contribution in [2.45, 2.75) is 6.54 Å². The third kappa shape index (κ3) is 3.57. The van der Waals surface area contributed by atoms with Gasteiger partial charge in [0.15, 0.2) is 0 Å². The van der Waals surface area contributed by atoms with E-state index in [1.54, 1.807) is 86.0 Å². The normalized spacial score (nSPS) is 11.1. The Morgan fingerprint density at radius 2 is 1.64 bits per heavy atom. The van der Waals surface area contributed by atoms with Gasteiger partial charge in [-0.1, -0.05) is 30.3 Å². The molecule has 0 radical (unpaired) electrons. The van der Waals surface area contributed by atoms with Gasteiger partial charge in [0.05, 0.1) is 12.8 Å². The van der Waals surface area contributed by atoms with Crippen LogP contribution >= 0.6 is 0 Å². The van der Waals surface area contributed by atoms with E-state index in [1.165, 1.54) is 4.57 Å². The summed E-state index contributed by atoms with van der Waals surface area (Å²) in [6.07, 6.45) is 0. The summed E-state index contributed by atoms with van der Waals surface area (Å²) in [5.41, 5.74) is 0.491. The first-order chi connectivity index (χ1) is 16.1. The highest BCUT2D eigenvalue weighted by molar-refractivity contribution is 6.03. The number of nitrogens with zero attached hydrogens (tertiary/aromatic N) is 2. The lowest BCUT2D eigenvalue weighted by Gasteiger charge is -2.12. The molecule has 2 heterocycles. The van der Waals surface area contributed by atoms with E-state index >= 15 is 0 Å². The van der Waals surface area contributed by atoms with E-state index in [0.717, 1.165) is 4.57 Å². The lowest BCUT2D eigenvalue weighted by molar-refractivity contribution is -0.116. The molecular formula is C25H19N3O5. The number of hydrogen-bond acceptors (Lipinski definition) is 5. The summed E-state index contributed by atoms with van der Waals surface area (Å²) in [6, 6.07) is 22.4. The lowest BCUT2D eigenvalue weighted by atomic mass is 10.2. The van der Waals surface area contributed by atoms with Gasteiger partial charge in [-0.15, -0.1) is 0 Å². The van der Waals surface area contributed by atoms with E-state index < -0.39 is 17.2 Å². The Morgan fingerprint density at radius 3 is 2.36 bits per heavy atom. The lowest BCUT2D eigenvalue weighted by Crippen LogP contribution is -2.40. The third-order valence-electron chi connectivity index (χ3n) is 5.35. The standard InChI is InChI=1S/C25H19N3O5/c1-32-18-13-11-16(12-14-18)26-21(29)15-27-22-19-9-5-6-10-20(19)33-23(22)24(30)28(25(27)31)17-7-3-2-4-8-17/h2-14H,15H2,1H3,(H,26,29). The van der Waals surface area contributed by atoms with E-state index in [-0.39, 0.29) is 17.6 Å². The van der Waals surface area contributed by atoms with Crippen molar-refractivity contribution in [3.8, 4) is 11.4 Å². The van der Waals surface area contributed by atoms with Gasteiger partial charge < -0.3 is 14.5 Å². The summed E-state index contributed by atoms with van der Waals surface area (Å²) < 4.78 is 13.3. The Morgan fingerprint density at radius 1 is 0.939 bits per heavy atom. The quantitative estimate of drug-likeness (QED) is 0.450. The Hall–Kier alpha value is -4.59. The molecule has 164 valence electrons. The minimum Gasteiger partial charge on any atom is -0.497 e. The molecule has 5 aromatic rings. The average Bonchev–Trinajstić information content (AvgIpc) is 3.23. The van der Waals surface area contributed by atoms with Gasteiger partial charge in [-0.25, -0.2) is 9.36 Å². The van der Waals surface area contributed by atoms with Crippen LogP contribution in [-0.4, -0.2) is 22.2 Å². The summed E-state index contributed by atoms with van der Waals surface area (Å²) in [7, 11) is 1.56. The summed E-state index contributed by atoms with van der Waals surface area (Å²) in [4.78, 5) is 39.7. The second-order valence-corrected chi connectivity index (χ2v) is 7.40. The van der Waals surface area contributed by atoms with Gasteiger partial charge in [-0.2, -0.15) is 0 Å². The molecule has 3 aromatic carbocycles. The Balaban J connectivity index is 1.67. The van der Waals surface area contributed by atoms with Crippen molar-refractivity contribution in [3.05, 3.63) is 99.7 Å². The number of fused-ring (bicyclic) bond motifs is 3. The van der Waals surface area contributed by atoms with Crippen LogP contribution < -0.4 is 21.3 Å². The zero-order valence-electron chi connectivity index (χ0n) is 17.6. The fraction of sp³-hybridized carbons (Fsp3) is 0.0800. The molecule has 0 saturated heterocycles. The molecule has 0 bridgehead atoms. The molecule has 1 amide bonds. The molecule has 0 aliphatic carbocycles. The minimum atomic E-state index is -0.630. The van der Waals surface area contributed by atoms with Gasteiger partial charge >= 0.3 is 11.2 Å². The van der Waals surface area contributed by atoms with Crippen molar-refractivity contribution < 1.29 is 13.9 Å². The molecule has 0 atom stereocenters. The molecule has 0 saturated carbocycles. The number of anilines is 1. The molecule has 2 aromatic heterocycles. The van der Waals surface area contributed by atoms with Gasteiger partial charge in [-0.05, 0) is 48.5 Å². The highest BCUT2D eigenvalue weighted by Gasteiger charge is 2.22. The molecule has 0 unspecified atom stereocenters. The number of furan rings is 1. The molecular weight excluding hydrogens is 422 g/mol. The second-order valence-electron chi connectivity index (χ2n) is 7.40. The van der Waals surface area contributed by atoms with E-state index in [9.17, 15) is 14.4 Å². The smallest absolute Gasteiger partial charge is 0.336 e. The fourth-order valence-corrected chi connectivity index (χ4v) is 3.82. The monoisotopic (exact) mass is 441 g/mol. The molecule has 33 heavy (non-hydrogen) atoms. The third-order valence-corrected chi connectivity index (χ3v) is 5.35. The molecule has 0 fully saturated rings. The van der Waals surface area contributed by atoms with Gasteiger partial charge in [0, 0.05) is 11.1 Å². The second kappa shape index (κ2) is 8.16. The number of nitrogens with one attached hydrogen (secondary N) is 1. The molecule has 0 spiro atoms. The molecule has 0 aliphatic heterocycles. The minimum absolute atomic E-state index is 0.0110. The van der Waals surface area contributed by atoms with Crippen LogP contribution in [0.1, 0.15) is 0 Å². The van der Waals surface area contributed by atoms with Crippen molar-refractivity contribution in [1.82, 2.24) is 9.13 Å². The summed E-state index contributed by atoms with van der Waals surface area (Å²) in [6.45, 7) is -0.308. The fourth-order valence-electron chi connectivity index (χ4n) is 3.82. The number of benzene rings is 3. The number of rotatable bonds is 5. The number of aromatic nitrogens is 2. The van der Waals surface area contributed by atoms with E-state index in [0.29, 0.717) is 28.1 Å². The van der Waals surface area contributed by atoms with Crippen LogP contribution in [0.2, 0.25) is 0 Å². The zero-order chi connectivity index (χ0) is 22.9. The molecule has 8 heteroatoms. The average molecular weight is 441 g/mol. The number of carbonyl (C=O) groups excluding carboxylic acids is 1. The maximum atomic E-state index is 13.5. The van der Waals surface area contributed by atoms with Gasteiger partial charge in [0.1, 0.15) is 23.4 Å². The summed E-state index contributed by atoms with van der Waals surface area (Å²) >= 11 is 0. The topological polar surface area (TPSA) is 95.5 Å². The van der Waals surface area contributed by atoms with Crippen molar-refractivity contribution in [2.24, 2.45) is 0 Å². The van der Waals surface area contributed by atoms with Crippen LogP contribution in [0, 0.1) is 0 Å². The van der Waals surface area contributed by atoms with Crippen molar-refractivity contribution >= 4 is 33.7 Å². The highest BCUT2D eigenvalue weighted by atomic mass is 16.5. The van der Waals surface area contributed by atoms with E-state index in [2.05, 4.69) is 5.32 Å². The van der Waals surface area contributed by atoms with Crippen molar-refractivity contribution in [3.63, 3.8) is 0 Å². The largest absolute Gasteiger partial charge is 0.497 e. The highest BCUT2D eigenvalue weighted by Crippen LogP contribution is 2.26. The first kappa shape index (κ1) is 20.3. The van der Waals surface area contributed by atoms with Crippen LogP contribution in [0.4, 0.5) is 5.69 Å². The van der Waals surface area contributed by atoms with Crippen LogP contribution in [0.15, 0.2) is 92.9 Å². The number of ether oxygens (including phenoxy) is 1. The Labute approximate surface area is 187 Å². The Kier molecular flexibility index (Phi) is 5.02. The van der Waals surface area contributed by atoms with Gasteiger partial charge in [0.25, 0.3) is 0 Å². The number of amides is 1. The maximum Gasteiger partial charge on any atom is 0.336 e. The van der Waals surface area contributed by atoms with Crippen LogP contribution in [-0.2, 0) is 11.3 Å². The van der Waals surface area contributed by atoms with Gasteiger partial charge in [-0.3, -0.25) is 14.2 Å². The molecule has 8 nitrogen and oxygen atoms in total. The number of para-hydroxylation sites is 2. The molecule has 0 aliphatic rings. The first-order valence-corrected chi connectivity index (χ1v) is 10.2. The zero-order valence-corrected chi connectivity index (χ0v) is 17.6.